The minimum Gasteiger partial charge on any atom is -0.481 e. The van der Waals surface area contributed by atoms with Gasteiger partial charge < -0.3 is 15.7 Å². The fourth-order valence-corrected chi connectivity index (χ4v) is 9.65. The molecule has 4 aliphatic rings. The molecule has 2 saturated heterocycles. The molecule has 5 atom stereocenters. The van der Waals surface area contributed by atoms with Crippen molar-refractivity contribution < 1.29 is 14.3 Å². The molecular formula is C37H49FN6O2S. The first-order valence-corrected chi connectivity index (χ1v) is 18.8. The van der Waals surface area contributed by atoms with E-state index in [4.69, 9.17) is 15.0 Å². The predicted octanol–water partition coefficient (Wildman–Crippen LogP) is 7.90. The standard InChI is InChI=1S/C37H49FN6O2S/c1-3-31(23-10-12-24(13-11-23)36(45)46)41-37-42-32-17-14-26(25-6-4-7-27(38)18-25)19-30(32)35(43-37)40-33(34-21-47-22(2)39-34)20-44-28-8-5-9-29(44)16-15-28/h4,6-7,18,21,23-24,26,28-29,31,33H,3,5,8-17,19-20H2,1-2H3,(H,45,46)(H2,40,41,42,43)/t23?,24?,26-,28-,29?,31-,33+/m1/s1. The molecule has 47 heavy (non-hydrogen) atoms. The summed E-state index contributed by atoms with van der Waals surface area (Å²) in [5, 5.41) is 20.4. The molecule has 4 heterocycles. The van der Waals surface area contributed by atoms with E-state index in [1.807, 2.05) is 12.1 Å². The Morgan fingerprint density at radius 2 is 1.83 bits per heavy atom. The minimum absolute atomic E-state index is 0.00388. The zero-order chi connectivity index (χ0) is 32.5. The number of rotatable bonds is 11. The zero-order valence-corrected chi connectivity index (χ0v) is 28.6. The van der Waals surface area contributed by atoms with Gasteiger partial charge in [-0.1, -0.05) is 25.5 Å². The number of aromatic nitrogens is 3. The summed E-state index contributed by atoms with van der Waals surface area (Å²) in [7, 11) is 0. The van der Waals surface area contributed by atoms with Gasteiger partial charge in [-0.05, 0) is 114 Å². The van der Waals surface area contributed by atoms with Gasteiger partial charge in [0.05, 0.1) is 28.4 Å². The Morgan fingerprint density at radius 1 is 1.04 bits per heavy atom. The lowest BCUT2D eigenvalue weighted by Crippen LogP contribution is -2.43. The number of piperidine rings is 1. The van der Waals surface area contributed by atoms with Crippen LogP contribution in [0.4, 0.5) is 16.2 Å². The SMILES string of the molecule is CC[C@@H](Nc1nc2c(c(N[C@@H](CN3C4CCC[C@@H]3CC4)c3csc(C)n3)n1)C[C@H](c1cccc(F)c1)CC2)C1CCC(C(=O)O)CC1. The highest BCUT2D eigenvalue weighted by Crippen LogP contribution is 2.40. The summed E-state index contributed by atoms with van der Waals surface area (Å²) in [6, 6.07) is 8.52. The lowest BCUT2D eigenvalue weighted by Gasteiger charge is -2.37. The fourth-order valence-electron chi connectivity index (χ4n) is 8.98. The number of nitrogens with one attached hydrogen (secondary N) is 2. The number of carboxylic acid groups (broad SMARTS) is 1. The van der Waals surface area contributed by atoms with Crippen LogP contribution in [0.1, 0.15) is 117 Å². The number of aliphatic carboxylic acids is 1. The van der Waals surface area contributed by atoms with Gasteiger partial charge in [-0.15, -0.1) is 11.3 Å². The van der Waals surface area contributed by atoms with E-state index in [9.17, 15) is 14.3 Å². The first-order valence-electron chi connectivity index (χ1n) is 17.9. The normalized spacial score (nSPS) is 27.2. The maximum atomic E-state index is 14.3. The topological polar surface area (TPSA) is 103 Å². The van der Waals surface area contributed by atoms with Crippen LogP contribution in [0.5, 0.6) is 0 Å². The molecule has 1 aromatic carbocycles. The largest absolute Gasteiger partial charge is 0.481 e. The molecule has 0 spiro atoms. The molecule has 2 bridgehead atoms. The Hall–Kier alpha value is -3.11. The third kappa shape index (κ3) is 7.19. The molecule has 7 rings (SSSR count). The van der Waals surface area contributed by atoms with E-state index in [1.54, 1.807) is 17.4 Å². The average molecular weight is 661 g/mol. The molecule has 2 aromatic heterocycles. The van der Waals surface area contributed by atoms with Crippen molar-refractivity contribution in [1.29, 1.82) is 0 Å². The molecule has 252 valence electrons. The molecule has 3 aromatic rings. The van der Waals surface area contributed by atoms with Gasteiger partial charge in [0.1, 0.15) is 11.6 Å². The van der Waals surface area contributed by atoms with Crippen LogP contribution in [0.25, 0.3) is 0 Å². The number of carboxylic acids is 1. The van der Waals surface area contributed by atoms with Crippen molar-refractivity contribution in [2.45, 2.75) is 127 Å². The van der Waals surface area contributed by atoms with Crippen LogP contribution in [0.15, 0.2) is 29.6 Å². The summed E-state index contributed by atoms with van der Waals surface area (Å²) in [6.07, 6.45) is 13.1. The molecule has 3 N–H and O–H groups in total. The molecule has 8 nitrogen and oxygen atoms in total. The Morgan fingerprint density at radius 3 is 2.51 bits per heavy atom. The molecule has 2 aliphatic carbocycles. The van der Waals surface area contributed by atoms with E-state index >= 15 is 0 Å². The van der Waals surface area contributed by atoms with Crippen LogP contribution in [0.2, 0.25) is 0 Å². The van der Waals surface area contributed by atoms with Crippen molar-refractivity contribution in [2.75, 3.05) is 17.2 Å². The van der Waals surface area contributed by atoms with Gasteiger partial charge in [0.15, 0.2) is 0 Å². The van der Waals surface area contributed by atoms with E-state index in [0.29, 0.717) is 23.9 Å². The Labute approximate surface area is 282 Å². The summed E-state index contributed by atoms with van der Waals surface area (Å²) in [5.41, 5.74) is 4.29. The van der Waals surface area contributed by atoms with Gasteiger partial charge in [-0.2, -0.15) is 4.98 Å². The van der Waals surface area contributed by atoms with Gasteiger partial charge in [0, 0.05) is 35.6 Å². The summed E-state index contributed by atoms with van der Waals surface area (Å²) in [6.45, 7) is 5.16. The van der Waals surface area contributed by atoms with Crippen molar-refractivity contribution in [3.05, 3.63) is 63.0 Å². The molecule has 2 aliphatic heterocycles. The first-order chi connectivity index (χ1) is 22.8. The number of hydrogen-bond acceptors (Lipinski definition) is 8. The van der Waals surface area contributed by atoms with E-state index in [1.165, 1.54) is 38.2 Å². The smallest absolute Gasteiger partial charge is 0.306 e. The first kappa shape index (κ1) is 32.4. The van der Waals surface area contributed by atoms with Crippen molar-refractivity contribution in [3.8, 4) is 0 Å². The summed E-state index contributed by atoms with van der Waals surface area (Å²) in [5.74, 6) is 1.01. The monoisotopic (exact) mass is 660 g/mol. The van der Waals surface area contributed by atoms with Crippen LogP contribution in [-0.2, 0) is 17.6 Å². The summed E-state index contributed by atoms with van der Waals surface area (Å²) >= 11 is 1.70. The van der Waals surface area contributed by atoms with E-state index in [0.717, 1.165) is 91.3 Å². The number of hydrogen-bond donors (Lipinski definition) is 3. The lowest BCUT2D eigenvalue weighted by molar-refractivity contribution is -0.143. The summed E-state index contributed by atoms with van der Waals surface area (Å²) < 4.78 is 14.3. The Balaban J connectivity index is 1.20. The maximum absolute atomic E-state index is 14.3. The van der Waals surface area contributed by atoms with Gasteiger partial charge in [-0.25, -0.2) is 14.4 Å². The maximum Gasteiger partial charge on any atom is 0.306 e. The number of nitrogens with zero attached hydrogens (tertiary/aromatic N) is 4. The third-order valence-electron chi connectivity index (χ3n) is 11.6. The van der Waals surface area contributed by atoms with Gasteiger partial charge >= 0.3 is 5.97 Å². The van der Waals surface area contributed by atoms with Crippen LogP contribution in [-0.4, -0.2) is 55.6 Å². The van der Waals surface area contributed by atoms with Gasteiger partial charge in [-0.3, -0.25) is 9.69 Å². The predicted molar refractivity (Wildman–Crippen MR) is 185 cm³/mol. The number of carbonyl (C=O) groups is 1. The summed E-state index contributed by atoms with van der Waals surface area (Å²) in [4.78, 5) is 29.7. The number of aryl methyl sites for hydroxylation is 2. The van der Waals surface area contributed by atoms with Crippen LogP contribution < -0.4 is 10.6 Å². The highest BCUT2D eigenvalue weighted by atomic mass is 32.1. The quantitative estimate of drug-likeness (QED) is 0.191. The second kappa shape index (κ2) is 14.2. The van der Waals surface area contributed by atoms with Crippen molar-refractivity contribution in [1.82, 2.24) is 19.9 Å². The number of anilines is 2. The fraction of sp³-hybridized carbons (Fsp3) is 0.622. The Kier molecular flexibility index (Phi) is 9.78. The van der Waals surface area contributed by atoms with Gasteiger partial charge in [0.25, 0.3) is 0 Å². The minimum atomic E-state index is -0.669. The van der Waals surface area contributed by atoms with Crippen LogP contribution in [0, 0.1) is 24.6 Å². The second-order valence-corrected chi connectivity index (χ2v) is 15.5. The lowest BCUT2D eigenvalue weighted by atomic mass is 9.78. The van der Waals surface area contributed by atoms with E-state index in [-0.39, 0.29) is 29.7 Å². The zero-order valence-electron chi connectivity index (χ0n) is 27.8. The third-order valence-corrected chi connectivity index (χ3v) is 12.4. The van der Waals surface area contributed by atoms with E-state index < -0.39 is 5.97 Å². The van der Waals surface area contributed by atoms with Crippen molar-refractivity contribution in [2.24, 2.45) is 11.8 Å². The molecular weight excluding hydrogens is 612 g/mol. The van der Waals surface area contributed by atoms with Crippen LogP contribution >= 0.6 is 11.3 Å². The molecule has 1 unspecified atom stereocenters. The molecule has 3 fully saturated rings. The Bertz CT molecular complexity index is 1540. The average Bonchev–Trinajstić information content (AvgIpc) is 3.59. The highest BCUT2D eigenvalue weighted by Gasteiger charge is 2.39. The molecule has 0 radical (unpaired) electrons. The molecule has 0 amide bonds. The van der Waals surface area contributed by atoms with Crippen molar-refractivity contribution in [3.63, 3.8) is 0 Å². The number of thiazole rings is 1. The van der Waals surface area contributed by atoms with Gasteiger partial charge in [0.2, 0.25) is 5.95 Å². The number of halogens is 1. The van der Waals surface area contributed by atoms with Crippen molar-refractivity contribution >= 4 is 29.1 Å². The second-order valence-electron chi connectivity index (χ2n) is 14.4. The molecule has 1 saturated carbocycles. The van der Waals surface area contributed by atoms with Crippen LogP contribution in [0.3, 0.4) is 0 Å². The van der Waals surface area contributed by atoms with E-state index in [2.05, 4.69) is 34.8 Å². The molecule has 10 heteroatoms. The number of fused-ring (bicyclic) bond motifs is 3. The highest BCUT2D eigenvalue weighted by molar-refractivity contribution is 7.09. The number of benzene rings is 1.